The second-order valence-corrected chi connectivity index (χ2v) is 8.20. The van der Waals surface area contributed by atoms with Crippen LogP contribution >= 0.6 is 0 Å². The molecule has 0 spiro atoms. The molecule has 3 aromatic rings. The van der Waals surface area contributed by atoms with Crippen molar-refractivity contribution in [3.05, 3.63) is 78.9 Å². The summed E-state index contributed by atoms with van der Waals surface area (Å²) in [5.41, 5.74) is 2.37. The maximum absolute atomic E-state index is 12.4. The second kappa shape index (κ2) is 8.74. The van der Waals surface area contributed by atoms with Crippen molar-refractivity contribution in [3.8, 4) is 11.5 Å². The van der Waals surface area contributed by atoms with Crippen LogP contribution in [0.3, 0.4) is 0 Å². The first-order valence-corrected chi connectivity index (χ1v) is 10.8. The van der Waals surface area contributed by atoms with Gasteiger partial charge < -0.3 is 30.3 Å². The summed E-state index contributed by atoms with van der Waals surface area (Å²) < 4.78 is 5.76. The number of anilines is 3. The first kappa shape index (κ1) is 20.7. The van der Waals surface area contributed by atoms with E-state index in [1.54, 1.807) is 24.3 Å². The molecule has 33 heavy (non-hydrogen) atoms. The zero-order valence-corrected chi connectivity index (χ0v) is 17.8. The van der Waals surface area contributed by atoms with E-state index < -0.39 is 6.09 Å². The number of hydrogen-bond donors (Lipinski definition) is 3. The summed E-state index contributed by atoms with van der Waals surface area (Å²) in [6.07, 6.45) is 0.0234. The molecule has 2 unspecified atom stereocenters. The van der Waals surface area contributed by atoms with E-state index in [0.29, 0.717) is 30.2 Å². The topological polar surface area (TPSA) is 94.1 Å². The highest BCUT2D eigenvalue weighted by Crippen LogP contribution is 2.35. The number of nitrogens with zero attached hydrogens (tertiary/aromatic N) is 2. The third kappa shape index (κ3) is 4.55. The number of amides is 3. The minimum Gasteiger partial charge on any atom is -0.465 e. The molecule has 8 nitrogen and oxygen atoms in total. The van der Waals surface area contributed by atoms with E-state index in [1.165, 1.54) is 4.90 Å². The lowest BCUT2D eigenvalue weighted by Gasteiger charge is -2.34. The molecule has 0 aliphatic carbocycles. The van der Waals surface area contributed by atoms with Gasteiger partial charge in [-0.05, 0) is 67.1 Å². The SMILES string of the molecule is O=C(Nc1ccc(Oc2ccccc2)cc1)Nc1ccc(N2CC3CC2CN3C(=O)O)cc1. The summed E-state index contributed by atoms with van der Waals surface area (Å²) in [5.74, 6) is 1.44. The Morgan fingerprint density at radius 3 is 1.97 bits per heavy atom. The van der Waals surface area contributed by atoms with Crippen LogP contribution in [0.4, 0.5) is 26.7 Å². The summed E-state index contributed by atoms with van der Waals surface area (Å²) in [6, 6.07) is 24.2. The predicted molar refractivity (Wildman–Crippen MR) is 126 cm³/mol. The maximum Gasteiger partial charge on any atom is 0.407 e. The van der Waals surface area contributed by atoms with E-state index in [1.807, 2.05) is 54.6 Å². The minimum absolute atomic E-state index is 0.0561. The third-order valence-corrected chi connectivity index (χ3v) is 6.03. The van der Waals surface area contributed by atoms with E-state index >= 15 is 0 Å². The minimum atomic E-state index is -0.842. The number of ether oxygens (including phenoxy) is 1. The molecule has 168 valence electrons. The van der Waals surface area contributed by atoms with Crippen LogP contribution in [0.15, 0.2) is 78.9 Å². The molecule has 2 aliphatic rings. The predicted octanol–water partition coefficient (Wildman–Crippen LogP) is 5.06. The Hall–Kier alpha value is -4.20. The highest BCUT2D eigenvalue weighted by molar-refractivity contribution is 5.99. The number of piperazine rings is 1. The number of rotatable bonds is 5. The molecule has 2 atom stereocenters. The first-order chi connectivity index (χ1) is 16.0. The van der Waals surface area contributed by atoms with Gasteiger partial charge >= 0.3 is 12.1 Å². The Balaban J connectivity index is 1.14. The van der Waals surface area contributed by atoms with E-state index in [9.17, 15) is 14.7 Å². The molecule has 5 rings (SSSR count). The van der Waals surface area contributed by atoms with E-state index in [2.05, 4.69) is 15.5 Å². The molecule has 2 bridgehead atoms. The molecule has 0 radical (unpaired) electrons. The monoisotopic (exact) mass is 444 g/mol. The number of urea groups is 1. The maximum atomic E-state index is 12.4. The average Bonchev–Trinajstić information content (AvgIpc) is 3.43. The molecule has 0 aromatic heterocycles. The Bertz CT molecular complexity index is 1140. The van der Waals surface area contributed by atoms with Crippen LogP contribution in [-0.4, -0.2) is 47.3 Å². The van der Waals surface area contributed by atoms with Gasteiger partial charge in [0.2, 0.25) is 0 Å². The number of carbonyl (C=O) groups is 2. The molecular formula is C25H24N4O4. The van der Waals surface area contributed by atoms with E-state index in [0.717, 1.165) is 17.9 Å². The zero-order chi connectivity index (χ0) is 22.8. The van der Waals surface area contributed by atoms with Crippen molar-refractivity contribution in [3.63, 3.8) is 0 Å². The largest absolute Gasteiger partial charge is 0.465 e. The number of fused-ring (bicyclic) bond motifs is 2. The number of para-hydroxylation sites is 1. The summed E-state index contributed by atoms with van der Waals surface area (Å²) >= 11 is 0. The van der Waals surface area contributed by atoms with Crippen molar-refractivity contribution in [2.45, 2.75) is 18.5 Å². The number of nitrogens with one attached hydrogen (secondary N) is 2. The summed E-state index contributed by atoms with van der Waals surface area (Å²) in [4.78, 5) is 27.4. The summed E-state index contributed by atoms with van der Waals surface area (Å²) in [6.45, 7) is 1.24. The molecule has 8 heteroatoms. The highest BCUT2D eigenvalue weighted by atomic mass is 16.5. The molecule has 3 amide bonds. The van der Waals surface area contributed by atoms with Crippen molar-refractivity contribution in [1.29, 1.82) is 0 Å². The van der Waals surface area contributed by atoms with Gasteiger partial charge in [0.25, 0.3) is 0 Å². The van der Waals surface area contributed by atoms with Gasteiger partial charge in [0.1, 0.15) is 11.5 Å². The van der Waals surface area contributed by atoms with Gasteiger partial charge in [-0.2, -0.15) is 0 Å². The quantitative estimate of drug-likeness (QED) is 0.511. The van der Waals surface area contributed by atoms with Crippen LogP contribution in [0.2, 0.25) is 0 Å². The third-order valence-electron chi connectivity index (χ3n) is 6.03. The van der Waals surface area contributed by atoms with Gasteiger partial charge in [-0.25, -0.2) is 9.59 Å². The molecule has 2 fully saturated rings. The standard InChI is InChI=1S/C25H24N4O4/c30-24(27-18-8-12-23(13-9-18)33-22-4-2-1-3-5-22)26-17-6-10-19(11-7-17)28-15-21-14-20(28)16-29(21)25(31)32/h1-13,20-21H,14-16H2,(H,31,32)(H2,26,27,30). The average molecular weight is 444 g/mol. The molecule has 3 aromatic carbocycles. The van der Waals surface area contributed by atoms with Crippen LogP contribution in [-0.2, 0) is 0 Å². The van der Waals surface area contributed by atoms with Gasteiger partial charge in [-0.15, -0.1) is 0 Å². The summed E-state index contributed by atoms with van der Waals surface area (Å²) in [5, 5.41) is 14.9. The molecule has 3 N–H and O–H groups in total. The lowest BCUT2D eigenvalue weighted by molar-refractivity contribution is 0.137. The fourth-order valence-corrected chi connectivity index (χ4v) is 4.48. The lowest BCUT2D eigenvalue weighted by atomic mass is 10.2. The molecule has 2 aliphatic heterocycles. The van der Waals surface area contributed by atoms with E-state index in [4.69, 9.17) is 4.74 Å². The first-order valence-electron chi connectivity index (χ1n) is 10.8. The Morgan fingerprint density at radius 1 is 0.788 bits per heavy atom. The van der Waals surface area contributed by atoms with Crippen molar-refractivity contribution in [2.24, 2.45) is 0 Å². The van der Waals surface area contributed by atoms with Crippen molar-refractivity contribution >= 4 is 29.2 Å². The Labute approximate surface area is 191 Å². The summed E-state index contributed by atoms with van der Waals surface area (Å²) in [7, 11) is 0. The molecule has 0 saturated carbocycles. The van der Waals surface area contributed by atoms with Gasteiger partial charge in [-0.1, -0.05) is 18.2 Å². The number of benzene rings is 3. The van der Waals surface area contributed by atoms with E-state index in [-0.39, 0.29) is 18.1 Å². The van der Waals surface area contributed by atoms with Crippen molar-refractivity contribution in [2.75, 3.05) is 28.6 Å². The van der Waals surface area contributed by atoms with Crippen LogP contribution in [0.5, 0.6) is 11.5 Å². The van der Waals surface area contributed by atoms with Crippen molar-refractivity contribution < 1.29 is 19.4 Å². The normalized spacial score (nSPS) is 18.8. The highest BCUT2D eigenvalue weighted by Gasteiger charge is 2.45. The van der Waals surface area contributed by atoms with Gasteiger partial charge in [0.15, 0.2) is 0 Å². The number of hydrogen-bond acceptors (Lipinski definition) is 4. The smallest absolute Gasteiger partial charge is 0.407 e. The van der Waals surface area contributed by atoms with Crippen LogP contribution in [0.1, 0.15) is 6.42 Å². The van der Waals surface area contributed by atoms with Crippen molar-refractivity contribution in [1.82, 2.24) is 4.90 Å². The second-order valence-electron chi connectivity index (χ2n) is 8.20. The fourth-order valence-electron chi connectivity index (χ4n) is 4.48. The molecule has 2 heterocycles. The zero-order valence-electron chi connectivity index (χ0n) is 17.8. The van der Waals surface area contributed by atoms with Crippen LogP contribution in [0.25, 0.3) is 0 Å². The van der Waals surface area contributed by atoms with Gasteiger partial charge in [0.05, 0.1) is 6.04 Å². The Morgan fingerprint density at radius 2 is 1.39 bits per heavy atom. The molecular weight excluding hydrogens is 420 g/mol. The Kier molecular flexibility index (Phi) is 5.48. The van der Waals surface area contributed by atoms with Crippen LogP contribution < -0.4 is 20.3 Å². The molecule has 2 saturated heterocycles. The van der Waals surface area contributed by atoms with Gasteiger partial charge in [-0.3, -0.25) is 0 Å². The number of likely N-dealkylation sites (tertiary alicyclic amines) is 1. The van der Waals surface area contributed by atoms with Crippen LogP contribution in [0, 0.1) is 0 Å². The number of carbonyl (C=O) groups excluding carboxylic acids is 1. The lowest BCUT2D eigenvalue weighted by Crippen LogP contribution is -2.48. The van der Waals surface area contributed by atoms with Gasteiger partial charge in [0, 0.05) is 36.2 Å². The number of carboxylic acid groups (broad SMARTS) is 1. The fraction of sp³-hybridized carbons (Fsp3) is 0.200.